The molecule has 4 N–H and O–H groups in total. The molecule has 0 radical (unpaired) electrons. The van der Waals surface area contributed by atoms with Crippen molar-refractivity contribution in [2.24, 2.45) is 5.73 Å². The van der Waals surface area contributed by atoms with Crippen molar-refractivity contribution in [1.29, 1.82) is 0 Å². The molecule has 1 aliphatic rings. The molecule has 66 valence electrons. The Labute approximate surface area is 70.1 Å². The largest absolute Gasteiger partial charge is 0.330 e. The quantitative estimate of drug-likeness (QED) is 0.554. The highest BCUT2D eigenvalue weighted by molar-refractivity contribution is 5.23. The fraction of sp³-hybridized carbons (Fsp3) is 0.625. The predicted octanol–water partition coefficient (Wildman–Crippen LogP) is 0.0816. The fourth-order valence-corrected chi connectivity index (χ4v) is 1.90. The highest BCUT2D eigenvalue weighted by Crippen LogP contribution is 2.26. The third kappa shape index (κ3) is 0.992. The summed E-state index contributed by atoms with van der Waals surface area (Å²) >= 11 is 0. The van der Waals surface area contributed by atoms with E-state index >= 15 is 0 Å². The van der Waals surface area contributed by atoms with Crippen LogP contribution in [0.25, 0.3) is 0 Å². The molecule has 1 aromatic heterocycles. The Bertz CT molecular complexity index is 325. The van der Waals surface area contributed by atoms with Crippen LogP contribution < -0.4 is 11.3 Å². The van der Waals surface area contributed by atoms with Gasteiger partial charge in [-0.25, -0.2) is 0 Å². The topological polar surface area (TPSA) is 74.7 Å². The minimum Gasteiger partial charge on any atom is -0.330 e. The standard InChI is InChI=1S/C8H13N3O/c9-4-5-2-1-3-6-7(5)10-11-8(6)12/h5H,1-4,9H2,(H2,10,11,12). The Hall–Kier alpha value is -1.03. The van der Waals surface area contributed by atoms with Gasteiger partial charge in [0.05, 0.1) is 0 Å². The number of aromatic nitrogens is 2. The van der Waals surface area contributed by atoms with Gasteiger partial charge in [0.1, 0.15) is 0 Å². The van der Waals surface area contributed by atoms with E-state index in [0.717, 1.165) is 30.5 Å². The molecular weight excluding hydrogens is 154 g/mol. The summed E-state index contributed by atoms with van der Waals surface area (Å²) in [5, 5.41) is 5.52. The molecule has 0 amide bonds. The Balaban J connectivity index is 2.45. The van der Waals surface area contributed by atoms with Crippen LogP contribution in [0.2, 0.25) is 0 Å². The van der Waals surface area contributed by atoms with Gasteiger partial charge in [-0.05, 0) is 19.3 Å². The van der Waals surface area contributed by atoms with Crippen molar-refractivity contribution in [3.8, 4) is 0 Å². The van der Waals surface area contributed by atoms with E-state index in [1.165, 1.54) is 0 Å². The molecule has 0 aromatic carbocycles. The van der Waals surface area contributed by atoms with Gasteiger partial charge in [0.15, 0.2) is 0 Å². The minimum atomic E-state index is 0.0307. The first-order valence-electron chi connectivity index (χ1n) is 4.32. The molecule has 4 nitrogen and oxygen atoms in total. The molecule has 1 aromatic rings. The van der Waals surface area contributed by atoms with E-state index in [4.69, 9.17) is 5.73 Å². The molecule has 0 fully saturated rings. The summed E-state index contributed by atoms with van der Waals surface area (Å²) in [4.78, 5) is 11.2. The van der Waals surface area contributed by atoms with Crippen molar-refractivity contribution >= 4 is 0 Å². The lowest BCUT2D eigenvalue weighted by Crippen LogP contribution is -2.20. The molecule has 0 saturated heterocycles. The maximum absolute atomic E-state index is 11.2. The molecule has 1 heterocycles. The summed E-state index contributed by atoms with van der Waals surface area (Å²) in [6.07, 6.45) is 3.07. The van der Waals surface area contributed by atoms with E-state index in [9.17, 15) is 4.79 Å². The van der Waals surface area contributed by atoms with Gasteiger partial charge in [0, 0.05) is 23.7 Å². The molecule has 1 atom stereocenters. The molecule has 1 unspecified atom stereocenters. The summed E-state index contributed by atoms with van der Waals surface area (Å²) in [5.41, 5.74) is 7.57. The lowest BCUT2D eigenvalue weighted by molar-refractivity contribution is 0.548. The van der Waals surface area contributed by atoms with E-state index in [1.807, 2.05) is 0 Å². The molecule has 0 aliphatic heterocycles. The van der Waals surface area contributed by atoms with Crippen LogP contribution in [0.5, 0.6) is 0 Å². The van der Waals surface area contributed by atoms with Crippen LogP contribution in [0.1, 0.15) is 30.0 Å². The number of hydrogen-bond donors (Lipinski definition) is 3. The zero-order chi connectivity index (χ0) is 8.55. The third-order valence-electron chi connectivity index (χ3n) is 2.58. The summed E-state index contributed by atoms with van der Waals surface area (Å²) in [6, 6.07) is 0. The van der Waals surface area contributed by atoms with Gasteiger partial charge in [-0.3, -0.25) is 9.89 Å². The molecule has 0 bridgehead atoms. The Kier molecular flexibility index (Phi) is 1.77. The van der Waals surface area contributed by atoms with Crippen molar-refractivity contribution in [1.82, 2.24) is 10.2 Å². The first-order chi connectivity index (χ1) is 5.83. The van der Waals surface area contributed by atoms with Crippen LogP contribution in [-0.4, -0.2) is 16.7 Å². The first-order valence-corrected chi connectivity index (χ1v) is 4.32. The molecule has 2 rings (SSSR count). The average molecular weight is 167 g/mol. The number of hydrogen-bond acceptors (Lipinski definition) is 2. The molecular formula is C8H13N3O. The molecule has 0 spiro atoms. The summed E-state index contributed by atoms with van der Waals surface area (Å²) in [6.45, 7) is 0.626. The fourth-order valence-electron chi connectivity index (χ4n) is 1.90. The van der Waals surface area contributed by atoms with Crippen LogP contribution in [-0.2, 0) is 6.42 Å². The van der Waals surface area contributed by atoms with Crippen molar-refractivity contribution in [3.05, 3.63) is 21.6 Å². The lowest BCUT2D eigenvalue weighted by atomic mass is 9.88. The van der Waals surface area contributed by atoms with E-state index in [0.29, 0.717) is 12.5 Å². The second-order valence-corrected chi connectivity index (χ2v) is 3.30. The van der Waals surface area contributed by atoms with Crippen LogP contribution in [0.15, 0.2) is 4.79 Å². The zero-order valence-corrected chi connectivity index (χ0v) is 6.89. The van der Waals surface area contributed by atoms with E-state index in [1.54, 1.807) is 0 Å². The van der Waals surface area contributed by atoms with Crippen molar-refractivity contribution in [3.63, 3.8) is 0 Å². The predicted molar refractivity (Wildman–Crippen MR) is 46.1 cm³/mol. The normalized spacial score (nSPS) is 22.2. The monoisotopic (exact) mass is 167 g/mol. The van der Waals surface area contributed by atoms with E-state index in [-0.39, 0.29) is 5.56 Å². The highest BCUT2D eigenvalue weighted by atomic mass is 16.1. The van der Waals surface area contributed by atoms with Gasteiger partial charge >= 0.3 is 0 Å². The number of fused-ring (bicyclic) bond motifs is 1. The maximum atomic E-state index is 11.2. The van der Waals surface area contributed by atoms with Crippen LogP contribution in [0.4, 0.5) is 0 Å². The van der Waals surface area contributed by atoms with Crippen LogP contribution >= 0.6 is 0 Å². The van der Waals surface area contributed by atoms with Gasteiger partial charge in [-0.15, -0.1) is 0 Å². The Morgan fingerprint density at radius 1 is 1.50 bits per heavy atom. The van der Waals surface area contributed by atoms with Gasteiger partial charge in [0.2, 0.25) is 0 Å². The lowest BCUT2D eigenvalue weighted by Gasteiger charge is -2.18. The molecule has 1 aliphatic carbocycles. The zero-order valence-electron chi connectivity index (χ0n) is 6.89. The van der Waals surface area contributed by atoms with Gasteiger partial charge in [0.25, 0.3) is 5.56 Å². The average Bonchev–Trinajstić information content (AvgIpc) is 2.48. The Morgan fingerprint density at radius 3 is 3.08 bits per heavy atom. The number of nitrogens with two attached hydrogens (primary N) is 1. The van der Waals surface area contributed by atoms with Crippen LogP contribution in [0.3, 0.4) is 0 Å². The van der Waals surface area contributed by atoms with E-state index in [2.05, 4.69) is 10.2 Å². The first kappa shape index (κ1) is 7.61. The van der Waals surface area contributed by atoms with Gasteiger partial charge in [-0.1, -0.05) is 0 Å². The third-order valence-corrected chi connectivity index (χ3v) is 2.58. The molecule has 12 heavy (non-hydrogen) atoms. The maximum Gasteiger partial charge on any atom is 0.267 e. The van der Waals surface area contributed by atoms with Crippen molar-refractivity contribution in [2.75, 3.05) is 6.54 Å². The van der Waals surface area contributed by atoms with Gasteiger partial charge in [-0.2, -0.15) is 0 Å². The SMILES string of the molecule is NCC1CCCc2c1[nH][nH]c2=O. The number of rotatable bonds is 1. The minimum absolute atomic E-state index is 0.0307. The summed E-state index contributed by atoms with van der Waals surface area (Å²) in [7, 11) is 0. The molecule has 4 heteroatoms. The highest BCUT2D eigenvalue weighted by Gasteiger charge is 2.22. The second kappa shape index (κ2) is 2.79. The Morgan fingerprint density at radius 2 is 2.33 bits per heavy atom. The second-order valence-electron chi connectivity index (χ2n) is 3.30. The summed E-state index contributed by atoms with van der Waals surface area (Å²) < 4.78 is 0. The van der Waals surface area contributed by atoms with Crippen LogP contribution in [0, 0.1) is 0 Å². The smallest absolute Gasteiger partial charge is 0.267 e. The van der Waals surface area contributed by atoms with Crippen molar-refractivity contribution < 1.29 is 0 Å². The molecule has 0 saturated carbocycles. The number of H-pyrrole nitrogens is 2. The summed E-state index contributed by atoms with van der Waals surface area (Å²) in [5.74, 6) is 0.354. The van der Waals surface area contributed by atoms with E-state index < -0.39 is 0 Å². The van der Waals surface area contributed by atoms with Crippen molar-refractivity contribution in [2.45, 2.75) is 25.2 Å². The van der Waals surface area contributed by atoms with Gasteiger partial charge < -0.3 is 10.8 Å². The number of nitrogens with one attached hydrogen (secondary N) is 2. The number of aromatic amines is 2.